The first-order valence-electron chi connectivity index (χ1n) is 6.33. The van der Waals surface area contributed by atoms with Gasteiger partial charge < -0.3 is 9.47 Å². The van der Waals surface area contributed by atoms with Crippen LogP contribution in [0.3, 0.4) is 0 Å². The summed E-state index contributed by atoms with van der Waals surface area (Å²) in [5, 5.41) is 0. The number of ketones is 1. The maximum atomic E-state index is 11.7. The van der Waals surface area contributed by atoms with Crippen LogP contribution >= 0.6 is 0 Å². The molecule has 0 radical (unpaired) electrons. The second-order valence-corrected chi connectivity index (χ2v) is 6.31. The Morgan fingerprint density at radius 3 is 2.56 bits per heavy atom. The first kappa shape index (κ1) is 10.7. The van der Waals surface area contributed by atoms with E-state index in [9.17, 15) is 4.79 Å². The Morgan fingerprint density at radius 1 is 1.19 bits per heavy atom. The van der Waals surface area contributed by atoms with Crippen molar-refractivity contribution in [1.29, 1.82) is 0 Å². The number of fused-ring (bicyclic) bond motifs is 2. The second kappa shape index (κ2) is 3.30. The van der Waals surface area contributed by atoms with Gasteiger partial charge in [0.15, 0.2) is 5.79 Å². The van der Waals surface area contributed by atoms with E-state index in [2.05, 4.69) is 13.8 Å². The van der Waals surface area contributed by atoms with Crippen LogP contribution in [0.15, 0.2) is 0 Å². The standard InChI is InChI=1S/C13H20O3/c1-12(2)7-15-13(16-8-12)6-5-9-10(13)3-4-11(9)14/h9-10H,3-8H2,1-2H3/t9-,10-/m0/s1. The molecule has 1 spiro atoms. The third-order valence-electron chi connectivity index (χ3n) is 4.38. The monoisotopic (exact) mass is 224 g/mol. The highest BCUT2D eigenvalue weighted by molar-refractivity contribution is 5.84. The van der Waals surface area contributed by atoms with Crippen LogP contribution in [0.25, 0.3) is 0 Å². The van der Waals surface area contributed by atoms with Crippen LogP contribution in [0.5, 0.6) is 0 Å². The third kappa shape index (κ3) is 1.45. The summed E-state index contributed by atoms with van der Waals surface area (Å²) in [6.07, 6.45) is 3.56. The molecule has 0 unspecified atom stereocenters. The van der Waals surface area contributed by atoms with Crippen molar-refractivity contribution in [3.05, 3.63) is 0 Å². The summed E-state index contributed by atoms with van der Waals surface area (Å²) in [6, 6.07) is 0. The number of ether oxygens (including phenoxy) is 2. The van der Waals surface area contributed by atoms with E-state index in [-0.39, 0.29) is 11.3 Å². The third-order valence-corrected chi connectivity index (χ3v) is 4.38. The minimum Gasteiger partial charge on any atom is -0.349 e. The molecule has 90 valence electrons. The molecule has 3 fully saturated rings. The quantitative estimate of drug-likeness (QED) is 0.632. The SMILES string of the molecule is CC1(C)COC2(CC[C@@H]3C(=O)CC[C@@H]32)OC1. The molecule has 3 heteroatoms. The Labute approximate surface area is 96.5 Å². The van der Waals surface area contributed by atoms with Crippen molar-refractivity contribution in [2.75, 3.05) is 13.2 Å². The highest BCUT2D eigenvalue weighted by Crippen LogP contribution is 2.52. The van der Waals surface area contributed by atoms with Gasteiger partial charge >= 0.3 is 0 Å². The van der Waals surface area contributed by atoms with Crippen LogP contribution in [0.1, 0.15) is 39.5 Å². The van der Waals surface area contributed by atoms with Gasteiger partial charge in [-0.15, -0.1) is 0 Å². The van der Waals surface area contributed by atoms with Gasteiger partial charge in [0.1, 0.15) is 5.78 Å². The molecule has 2 aliphatic carbocycles. The van der Waals surface area contributed by atoms with Crippen LogP contribution in [0.4, 0.5) is 0 Å². The smallest absolute Gasteiger partial charge is 0.171 e. The van der Waals surface area contributed by atoms with Crippen LogP contribution < -0.4 is 0 Å². The van der Waals surface area contributed by atoms with Crippen molar-refractivity contribution in [3.63, 3.8) is 0 Å². The molecular formula is C13H20O3. The van der Waals surface area contributed by atoms with E-state index in [1.165, 1.54) is 0 Å². The molecule has 0 amide bonds. The summed E-state index contributed by atoms with van der Waals surface area (Å²) in [4.78, 5) is 11.7. The van der Waals surface area contributed by atoms with Crippen LogP contribution in [-0.2, 0) is 14.3 Å². The zero-order valence-corrected chi connectivity index (χ0v) is 10.1. The fraction of sp³-hybridized carbons (Fsp3) is 0.923. The number of carbonyl (C=O) groups excluding carboxylic acids is 1. The van der Waals surface area contributed by atoms with Crippen molar-refractivity contribution >= 4 is 5.78 Å². The largest absolute Gasteiger partial charge is 0.349 e. The van der Waals surface area contributed by atoms with Crippen molar-refractivity contribution in [2.45, 2.75) is 45.3 Å². The molecule has 3 nitrogen and oxygen atoms in total. The maximum Gasteiger partial charge on any atom is 0.171 e. The van der Waals surface area contributed by atoms with Gasteiger partial charge in [0, 0.05) is 30.1 Å². The Balaban J connectivity index is 1.79. The lowest BCUT2D eigenvalue weighted by Gasteiger charge is -2.44. The minimum atomic E-state index is -0.410. The fourth-order valence-electron chi connectivity index (χ4n) is 3.42. The van der Waals surface area contributed by atoms with Gasteiger partial charge in [-0.2, -0.15) is 0 Å². The summed E-state index contributed by atoms with van der Waals surface area (Å²) >= 11 is 0. The first-order chi connectivity index (χ1) is 7.53. The minimum absolute atomic E-state index is 0.117. The van der Waals surface area contributed by atoms with Crippen LogP contribution in [0.2, 0.25) is 0 Å². The van der Waals surface area contributed by atoms with E-state index >= 15 is 0 Å². The van der Waals surface area contributed by atoms with E-state index in [4.69, 9.17) is 9.47 Å². The Morgan fingerprint density at radius 2 is 1.88 bits per heavy atom. The average molecular weight is 224 g/mol. The van der Waals surface area contributed by atoms with Crippen LogP contribution in [0, 0.1) is 17.3 Å². The molecule has 2 atom stereocenters. The molecule has 1 saturated heterocycles. The van der Waals surface area contributed by atoms with Gasteiger partial charge in [-0.05, 0) is 12.8 Å². The molecule has 0 N–H and O–H groups in total. The van der Waals surface area contributed by atoms with Gasteiger partial charge in [0.05, 0.1) is 13.2 Å². The molecule has 1 aliphatic heterocycles. The molecule has 2 saturated carbocycles. The normalized spacial score (nSPS) is 40.2. The predicted octanol–water partition coefficient (Wildman–Crippen LogP) is 2.14. The van der Waals surface area contributed by atoms with E-state index in [1.54, 1.807) is 0 Å². The topological polar surface area (TPSA) is 35.5 Å². The van der Waals surface area contributed by atoms with E-state index < -0.39 is 5.79 Å². The van der Waals surface area contributed by atoms with Crippen molar-refractivity contribution in [2.24, 2.45) is 17.3 Å². The molecule has 3 rings (SSSR count). The lowest BCUT2D eigenvalue weighted by Crippen LogP contribution is -2.50. The zero-order chi connectivity index (χ0) is 11.4. The highest BCUT2D eigenvalue weighted by Gasteiger charge is 2.57. The average Bonchev–Trinajstić information content (AvgIpc) is 2.76. The van der Waals surface area contributed by atoms with Crippen molar-refractivity contribution in [3.8, 4) is 0 Å². The van der Waals surface area contributed by atoms with Gasteiger partial charge in [-0.3, -0.25) is 4.79 Å². The van der Waals surface area contributed by atoms with Gasteiger partial charge in [-0.25, -0.2) is 0 Å². The molecule has 3 aliphatic rings. The second-order valence-electron chi connectivity index (χ2n) is 6.31. The molecule has 0 aromatic rings. The van der Waals surface area contributed by atoms with E-state index in [0.717, 1.165) is 38.9 Å². The molecular weight excluding hydrogens is 204 g/mol. The lowest BCUT2D eigenvalue weighted by atomic mass is 9.91. The molecule has 0 aromatic carbocycles. The zero-order valence-electron chi connectivity index (χ0n) is 10.1. The van der Waals surface area contributed by atoms with E-state index in [0.29, 0.717) is 11.7 Å². The fourth-order valence-corrected chi connectivity index (χ4v) is 3.42. The molecule has 0 bridgehead atoms. The summed E-state index contributed by atoms with van der Waals surface area (Å²) in [5.74, 6) is 0.572. The summed E-state index contributed by atoms with van der Waals surface area (Å²) in [5.41, 5.74) is 0.117. The number of carbonyl (C=O) groups is 1. The molecule has 0 aromatic heterocycles. The first-order valence-corrected chi connectivity index (χ1v) is 6.33. The summed E-state index contributed by atoms with van der Waals surface area (Å²) in [6.45, 7) is 5.83. The van der Waals surface area contributed by atoms with Crippen molar-refractivity contribution < 1.29 is 14.3 Å². The summed E-state index contributed by atoms with van der Waals surface area (Å²) < 4.78 is 12.1. The number of rotatable bonds is 0. The Bertz CT molecular complexity index is 311. The van der Waals surface area contributed by atoms with Gasteiger partial charge in [-0.1, -0.05) is 13.8 Å². The number of hydrogen-bond donors (Lipinski definition) is 0. The van der Waals surface area contributed by atoms with Gasteiger partial charge in [0.25, 0.3) is 0 Å². The van der Waals surface area contributed by atoms with Crippen molar-refractivity contribution in [1.82, 2.24) is 0 Å². The summed E-state index contributed by atoms with van der Waals surface area (Å²) in [7, 11) is 0. The Hall–Kier alpha value is -0.410. The van der Waals surface area contributed by atoms with Crippen LogP contribution in [-0.4, -0.2) is 24.8 Å². The number of hydrogen-bond acceptors (Lipinski definition) is 3. The molecule has 1 heterocycles. The van der Waals surface area contributed by atoms with E-state index in [1.807, 2.05) is 0 Å². The Kier molecular flexibility index (Phi) is 2.21. The predicted molar refractivity (Wildman–Crippen MR) is 58.9 cm³/mol. The molecule has 16 heavy (non-hydrogen) atoms. The van der Waals surface area contributed by atoms with Gasteiger partial charge in [0.2, 0.25) is 0 Å². The lowest BCUT2D eigenvalue weighted by molar-refractivity contribution is -0.314. The number of Topliss-reactive ketones (excluding diaryl/α,β-unsaturated/α-hetero) is 1. The highest BCUT2D eigenvalue weighted by atomic mass is 16.7. The maximum absolute atomic E-state index is 11.7.